The third-order valence-electron chi connectivity index (χ3n) is 4.16. The minimum Gasteiger partial charge on any atom is -0.375 e. The van der Waals surface area contributed by atoms with E-state index in [1.165, 1.54) is 0 Å². The van der Waals surface area contributed by atoms with Crippen LogP contribution in [0.1, 0.15) is 35.7 Å². The lowest BCUT2D eigenvalue weighted by Crippen LogP contribution is -2.39. The number of nitrogens with one attached hydrogen (secondary N) is 1. The predicted molar refractivity (Wildman–Crippen MR) is 131 cm³/mol. The number of rotatable bonds is 8. The Labute approximate surface area is 198 Å². The number of guanidine groups is 1. The molecule has 1 aromatic heterocycles. The normalized spacial score (nSPS) is 12.4. The van der Waals surface area contributed by atoms with Crippen LogP contribution in [0.5, 0.6) is 0 Å². The smallest absolute Gasteiger partial charge is 0.193 e. The number of thiazole rings is 1. The molecule has 0 amide bonds. The molecule has 1 aromatic carbocycles. The molecule has 1 heterocycles. The van der Waals surface area contributed by atoms with Crippen molar-refractivity contribution in [3.63, 3.8) is 0 Å². The number of hydrogen-bond donors (Lipinski definition) is 1. The van der Waals surface area contributed by atoms with E-state index in [9.17, 15) is 0 Å². The molecule has 2 rings (SSSR count). The summed E-state index contributed by atoms with van der Waals surface area (Å²) in [5, 5.41) is 7.82. The first-order valence-corrected chi connectivity index (χ1v) is 10.4. The molecule has 156 valence electrons. The van der Waals surface area contributed by atoms with E-state index in [0.29, 0.717) is 16.6 Å². The van der Waals surface area contributed by atoms with Gasteiger partial charge in [0.25, 0.3) is 0 Å². The third-order valence-corrected chi connectivity index (χ3v) is 5.81. The van der Waals surface area contributed by atoms with Crippen molar-refractivity contribution in [3.05, 3.63) is 49.9 Å². The fraction of sp³-hybridized carbons (Fsp3) is 0.474. The van der Waals surface area contributed by atoms with Crippen molar-refractivity contribution in [1.82, 2.24) is 15.2 Å². The summed E-state index contributed by atoms with van der Waals surface area (Å²) in [6, 6.07) is 5.63. The second kappa shape index (κ2) is 12.8. The highest BCUT2D eigenvalue weighted by Gasteiger charge is 2.12. The molecule has 0 saturated carbocycles. The van der Waals surface area contributed by atoms with E-state index in [-0.39, 0.29) is 30.1 Å². The average molecular weight is 557 g/mol. The van der Waals surface area contributed by atoms with E-state index in [1.54, 1.807) is 31.6 Å². The fourth-order valence-corrected chi connectivity index (χ4v) is 3.93. The number of halogens is 3. The molecule has 0 spiro atoms. The van der Waals surface area contributed by atoms with Gasteiger partial charge in [0.05, 0.1) is 12.2 Å². The number of aryl methyl sites for hydroxylation is 1. The first-order valence-electron chi connectivity index (χ1n) is 8.77. The molecule has 0 saturated heterocycles. The molecule has 0 aliphatic carbocycles. The van der Waals surface area contributed by atoms with Crippen LogP contribution in [0.2, 0.25) is 10.0 Å². The molecular weight excluding hydrogens is 530 g/mol. The maximum atomic E-state index is 6.22. The van der Waals surface area contributed by atoms with E-state index < -0.39 is 0 Å². The summed E-state index contributed by atoms with van der Waals surface area (Å²) in [6.07, 6.45) is 1.85. The van der Waals surface area contributed by atoms with Crippen LogP contribution in [0.25, 0.3) is 0 Å². The van der Waals surface area contributed by atoms with Crippen LogP contribution in [-0.4, -0.2) is 43.6 Å². The second-order valence-electron chi connectivity index (χ2n) is 6.22. The van der Waals surface area contributed by atoms with Gasteiger partial charge in [-0.2, -0.15) is 0 Å². The molecule has 0 radical (unpaired) electrons. The zero-order valence-corrected chi connectivity index (χ0v) is 21.2. The van der Waals surface area contributed by atoms with Gasteiger partial charge in [0.2, 0.25) is 0 Å². The highest BCUT2D eigenvalue weighted by Crippen LogP contribution is 2.22. The van der Waals surface area contributed by atoms with Gasteiger partial charge in [0.1, 0.15) is 11.1 Å². The minimum absolute atomic E-state index is 0. The fourth-order valence-electron chi connectivity index (χ4n) is 2.59. The Bertz CT molecular complexity index is 772. The molecule has 0 bridgehead atoms. The number of methoxy groups -OCH3 is 1. The van der Waals surface area contributed by atoms with Crippen molar-refractivity contribution in [2.24, 2.45) is 4.99 Å². The lowest BCUT2D eigenvalue weighted by molar-refractivity contribution is 0.119. The first kappa shape index (κ1) is 25.4. The Balaban J connectivity index is 0.00000392. The van der Waals surface area contributed by atoms with Gasteiger partial charge < -0.3 is 15.0 Å². The Morgan fingerprint density at radius 1 is 1.39 bits per heavy atom. The number of hydrogen-bond acceptors (Lipinski definition) is 4. The summed E-state index contributed by atoms with van der Waals surface area (Å²) in [6.45, 7) is 3.49. The minimum atomic E-state index is 0. The van der Waals surface area contributed by atoms with E-state index in [1.807, 2.05) is 26.1 Å². The van der Waals surface area contributed by atoms with Crippen molar-refractivity contribution in [3.8, 4) is 0 Å². The lowest BCUT2D eigenvalue weighted by atomic mass is 10.1. The molecular formula is C19H27Cl2IN4OS. The zero-order chi connectivity index (χ0) is 19.8. The SMILES string of the molecule is CN=C(NCCCc1ccc(Cl)cc1Cl)N(C)Cc1csc(C(C)OC)n1.I. The van der Waals surface area contributed by atoms with E-state index in [2.05, 4.69) is 25.6 Å². The highest BCUT2D eigenvalue weighted by molar-refractivity contribution is 14.0. The maximum Gasteiger partial charge on any atom is 0.193 e. The standard InChI is InChI=1S/C19H26Cl2N4OS.HI/c1-13(26-4)18-24-16(12-27-18)11-25(3)19(22-2)23-9-5-6-14-7-8-15(20)10-17(14)21;/h7-8,10,12-13H,5-6,9,11H2,1-4H3,(H,22,23);1H. The van der Waals surface area contributed by atoms with Crippen LogP contribution in [0.4, 0.5) is 0 Å². The van der Waals surface area contributed by atoms with Crippen LogP contribution >= 0.6 is 58.5 Å². The van der Waals surface area contributed by atoms with Gasteiger partial charge >= 0.3 is 0 Å². The second-order valence-corrected chi connectivity index (χ2v) is 7.96. The number of ether oxygens (including phenoxy) is 1. The van der Waals surface area contributed by atoms with Gasteiger partial charge in [-0.25, -0.2) is 4.98 Å². The van der Waals surface area contributed by atoms with Crippen LogP contribution in [-0.2, 0) is 17.7 Å². The Kier molecular flexibility index (Phi) is 11.7. The number of nitrogens with zero attached hydrogens (tertiary/aromatic N) is 3. The van der Waals surface area contributed by atoms with Gasteiger partial charge in [-0.1, -0.05) is 29.3 Å². The maximum absolute atomic E-state index is 6.22. The van der Waals surface area contributed by atoms with Crippen molar-refractivity contribution in [2.75, 3.05) is 27.7 Å². The first-order chi connectivity index (χ1) is 12.9. The summed E-state index contributed by atoms with van der Waals surface area (Å²) in [7, 11) is 5.49. The molecule has 1 unspecified atom stereocenters. The molecule has 1 N–H and O–H groups in total. The average Bonchev–Trinajstić information content (AvgIpc) is 3.11. The monoisotopic (exact) mass is 556 g/mol. The number of aromatic nitrogens is 1. The van der Waals surface area contributed by atoms with Crippen LogP contribution in [0.15, 0.2) is 28.6 Å². The Morgan fingerprint density at radius 2 is 2.14 bits per heavy atom. The van der Waals surface area contributed by atoms with Crippen molar-refractivity contribution in [2.45, 2.75) is 32.4 Å². The molecule has 0 aliphatic heterocycles. The third kappa shape index (κ3) is 7.67. The van der Waals surface area contributed by atoms with Crippen LogP contribution < -0.4 is 5.32 Å². The summed E-state index contributed by atoms with van der Waals surface area (Å²) < 4.78 is 5.32. The summed E-state index contributed by atoms with van der Waals surface area (Å²) in [4.78, 5) is 11.1. The molecule has 5 nitrogen and oxygen atoms in total. The quantitative estimate of drug-likeness (QED) is 0.204. The predicted octanol–water partition coefficient (Wildman–Crippen LogP) is 5.42. The highest BCUT2D eigenvalue weighted by atomic mass is 127. The van der Waals surface area contributed by atoms with E-state index in [4.69, 9.17) is 27.9 Å². The van der Waals surface area contributed by atoms with Gasteiger partial charge in [-0.15, -0.1) is 35.3 Å². The van der Waals surface area contributed by atoms with Gasteiger partial charge in [-0.3, -0.25) is 4.99 Å². The molecule has 28 heavy (non-hydrogen) atoms. The van der Waals surface area contributed by atoms with Gasteiger partial charge in [0.15, 0.2) is 5.96 Å². The number of benzene rings is 1. The molecule has 2 aromatic rings. The molecule has 0 fully saturated rings. The van der Waals surface area contributed by atoms with Gasteiger partial charge in [-0.05, 0) is 37.5 Å². The summed E-state index contributed by atoms with van der Waals surface area (Å²) >= 11 is 13.8. The largest absolute Gasteiger partial charge is 0.375 e. The van der Waals surface area contributed by atoms with Gasteiger partial charge in [0, 0.05) is 43.2 Å². The molecule has 9 heteroatoms. The van der Waals surface area contributed by atoms with Crippen LogP contribution in [0.3, 0.4) is 0 Å². The van der Waals surface area contributed by atoms with Crippen molar-refractivity contribution < 1.29 is 4.74 Å². The van der Waals surface area contributed by atoms with E-state index >= 15 is 0 Å². The summed E-state index contributed by atoms with van der Waals surface area (Å²) in [5.41, 5.74) is 2.12. The zero-order valence-electron chi connectivity index (χ0n) is 16.5. The van der Waals surface area contributed by atoms with Crippen LogP contribution in [0, 0.1) is 0 Å². The Hall–Kier alpha value is -0.610. The van der Waals surface area contributed by atoms with Crippen molar-refractivity contribution in [1.29, 1.82) is 0 Å². The van der Waals surface area contributed by atoms with Crippen molar-refractivity contribution >= 4 is 64.5 Å². The molecule has 1 atom stereocenters. The number of aliphatic imine (C=N–C) groups is 1. The molecule has 0 aliphatic rings. The topological polar surface area (TPSA) is 49.8 Å². The van der Waals surface area contributed by atoms with E-state index in [0.717, 1.165) is 41.6 Å². The summed E-state index contributed by atoms with van der Waals surface area (Å²) in [5.74, 6) is 0.839. The Morgan fingerprint density at radius 3 is 2.79 bits per heavy atom. The lowest BCUT2D eigenvalue weighted by Gasteiger charge is -2.21.